The molecular formula is C14H20Cl2FN3O2. The highest BCUT2D eigenvalue weighted by molar-refractivity contribution is 5.85. The standard InChI is InChI=1S/C14H18FN3O2.2ClH/c1-2-3-13(17-8-6-16-7-9-17)12-10-11(15)4-5-14(12)18(19)20;;/h2,4-5,10,13,16H,1,3,6-9H2;2*1H/t13-;;/m1../s1. The van der Waals surface area contributed by atoms with Crippen LogP contribution < -0.4 is 5.32 Å². The zero-order chi connectivity index (χ0) is 14.5. The Labute approximate surface area is 141 Å². The van der Waals surface area contributed by atoms with Crippen molar-refractivity contribution >= 4 is 30.5 Å². The van der Waals surface area contributed by atoms with Gasteiger partial charge in [-0.1, -0.05) is 6.08 Å². The van der Waals surface area contributed by atoms with Gasteiger partial charge >= 0.3 is 0 Å². The zero-order valence-corrected chi connectivity index (χ0v) is 13.7. The number of nitrogens with one attached hydrogen (secondary N) is 1. The van der Waals surface area contributed by atoms with Crippen molar-refractivity contribution in [2.75, 3.05) is 26.2 Å². The molecule has 0 radical (unpaired) electrons. The second kappa shape index (κ2) is 9.74. The van der Waals surface area contributed by atoms with Crippen LogP contribution in [0.2, 0.25) is 0 Å². The number of piperazine rings is 1. The lowest BCUT2D eigenvalue weighted by atomic mass is 9.99. The molecule has 1 heterocycles. The Hall–Kier alpha value is -1.21. The first-order valence-electron chi connectivity index (χ1n) is 6.63. The summed E-state index contributed by atoms with van der Waals surface area (Å²) < 4.78 is 13.5. The number of nitro benzene ring substituents is 1. The molecule has 1 atom stereocenters. The molecule has 0 unspecified atom stereocenters. The molecule has 1 aliphatic rings. The number of nitrogens with zero attached hydrogens (tertiary/aromatic N) is 2. The molecule has 1 aromatic rings. The summed E-state index contributed by atoms with van der Waals surface area (Å²) in [5, 5.41) is 14.4. The van der Waals surface area contributed by atoms with Gasteiger partial charge in [-0.05, 0) is 18.6 Å². The first-order chi connectivity index (χ1) is 9.63. The first kappa shape index (κ1) is 20.8. The van der Waals surface area contributed by atoms with Crippen molar-refractivity contribution in [3.8, 4) is 0 Å². The Morgan fingerprint density at radius 3 is 2.59 bits per heavy atom. The van der Waals surface area contributed by atoms with E-state index in [2.05, 4.69) is 16.8 Å². The normalized spacial score (nSPS) is 16.0. The van der Waals surface area contributed by atoms with Crippen LogP contribution >= 0.6 is 24.8 Å². The molecule has 1 aliphatic heterocycles. The predicted octanol–water partition coefficient (Wildman–Crippen LogP) is 3.10. The van der Waals surface area contributed by atoms with Gasteiger partial charge in [0.25, 0.3) is 5.69 Å². The average molecular weight is 352 g/mol. The van der Waals surface area contributed by atoms with Crippen LogP contribution in [-0.4, -0.2) is 36.0 Å². The molecule has 2 rings (SSSR count). The quantitative estimate of drug-likeness (QED) is 0.503. The van der Waals surface area contributed by atoms with E-state index in [9.17, 15) is 14.5 Å². The minimum absolute atomic E-state index is 0. The molecule has 0 spiro atoms. The second-order valence-electron chi connectivity index (χ2n) is 4.79. The molecular weight excluding hydrogens is 332 g/mol. The maximum absolute atomic E-state index is 13.5. The van der Waals surface area contributed by atoms with Crippen molar-refractivity contribution in [1.82, 2.24) is 10.2 Å². The second-order valence-corrected chi connectivity index (χ2v) is 4.79. The van der Waals surface area contributed by atoms with Crippen LogP contribution in [0.5, 0.6) is 0 Å². The van der Waals surface area contributed by atoms with Gasteiger partial charge in [0, 0.05) is 38.3 Å². The van der Waals surface area contributed by atoms with Gasteiger partial charge in [0.2, 0.25) is 0 Å². The van der Waals surface area contributed by atoms with Gasteiger partial charge in [0.1, 0.15) is 5.82 Å². The fraction of sp³-hybridized carbons (Fsp3) is 0.429. The average Bonchev–Trinajstić information content (AvgIpc) is 2.45. The Bertz CT molecular complexity index is 511. The molecule has 0 amide bonds. The zero-order valence-electron chi connectivity index (χ0n) is 12.0. The van der Waals surface area contributed by atoms with E-state index in [1.807, 2.05) is 0 Å². The fourth-order valence-corrected chi connectivity index (χ4v) is 2.58. The largest absolute Gasteiger partial charge is 0.314 e. The van der Waals surface area contributed by atoms with Gasteiger partial charge in [-0.25, -0.2) is 4.39 Å². The van der Waals surface area contributed by atoms with Crippen molar-refractivity contribution in [3.63, 3.8) is 0 Å². The number of benzene rings is 1. The highest BCUT2D eigenvalue weighted by Gasteiger charge is 2.27. The minimum atomic E-state index is -0.451. The molecule has 0 saturated carbocycles. The summed E-state index contributed by atoms with van der Waals surface area (Å²) in [6.45, 7) is 6.94. The highest BCUT2D eigenvalue weighted by Crippen LogP contribution is 2.32. The SMILES string of the molecule is C=CC[C@H](c1cc(F)ccc1[N+](=O)[O-])N1CCNCC1.Cl.Cl. The van der Waals surface area contributed by atoms with E-state index >= 15 is 0 Å². The van der Waals surface area contributed by atoms with Crippen LogP contribution in [0.1, 0.15) is 18.0 Å². The van der Waals surface area contributed by atoms with Gasteiger partial charge in [-0.3, -0.25) is 15.0 Å². The summed E-state index contributed by atoms with van der Waals surface area (Å²) in [6.07, 6.45) is 2.28. The van der Waals surface area contributed by atoms with Crippen molar-refractivity contribution in [3.05, 3.63) is 52.3 Å². The van der Waals surface area contributed by atoms with Crippen molar-refractivity contribution in [2.24, 2.45) is 0 Å². The smallest absolute Gasteiger partial charge is 0.274 e. The van der Waals surface area contributed by atoms with Crippen LogP contribution in [0.25, 0.3) is 0 Å². The highest BCUT2D eigenvalue weighted by atomic mass is 35.5. The van der Waals surface area contributed by atoms with Gasteiger partial charge in [-0.15, -0.1) is 31.4 Å². The number of hydrogen-bond acceptors (Lipinski definition) is 4. The maximum atomic E-state index is 13.5. The fourth-order valence-electron chi connectivity index (χ4n) is 2.58. The van der Waals surface area contributed by atoms with Gasteiger partial charge in [-0.2, -0.15) is 0 Å². The molecule has 1 aromatic carbocycles. The van der Waals surface area contributed by atoms with E-state index in [0.717, 1.165) is 32.2 Å². The van der Waals surface area contributed by atoms with Crippen LogP contribution in [0, 0.1) is 15.9 Å². The van der Waals surface area contributed by atoms with Crippen LogP contribution in [0.3, 0.4) is 0 Å². The summed E-state index contributed by atoms with van der Waals surface area (Å²) in [4.78, 5) is 12.8. The summed E-state index contributed by atoms with van der Waals surface area (Å²) in [7, 11) is 0. The number of rotatable bonds is 5. The van der Waals surface area contributed by atoms with Crippen LogP contribution in [0.15, 0.2) is 30.9 Å². The Morgan fingerprint density at radius 1 is 1.41 bits per heavy atom. The minimum Gasteiger partial charge on any atom is -0.314 e. The topological polar surface area (TPSA) is 58.4 Å². The van der Waals surface area contributed by atoms with Crippen molar-refractivity contribution in [2.45, 2.75) is 12.5 Å². The monoisotopic (exact) mass is 351 g/mol. The van der Waals surface area contributed by atoms with E-state index in [1.54, 1.807) is 6.08 Å². The molecule has 1 N–H and O–H groups in total. The summed E-state index contributed by atoms with van der Waals surface area (Å²) in [5.74, 6) is -0.449. The summed E-state index contributed by atoms with van der Waals surface area (Å²) >= 11 is 0. The molecule has 5 nitrogen and oxygen atoms in total. The lowest BCUT2D eigenvalue weighted by molar-refractivity contribution is -0.386. The molecule has 1 saturated heterocycles. The van der Waals surface area contributed by atoms with Gasteiger partial charge < -0.3 is 5.32 Å². The predicted molar refractivity (Wildman–Crippen MR) is 89.5 cm³/mol. The lowest BCUT2D eigenvalue weighted by Crippen LogP contribution is -2.45. The molecule has 1 fully saturated rings. The van der Waals surface area contributed by atoms with Gasteiger partial charge in [0.15, 0.2) is 0 Å². The number of halogens is 3. The molecule has 0 bridgehead atoms. The molecule has 8 heteroatoms. The van der Waals surface area contributed by atoms with Crippen molar-refractivity contribution in [1.29, 1.82) is 0 Å². The van der Waals surface area contributed by atoms with E-state index in [0.29, 0.717) is 12.0 Å². The number of nitro groups is 1. The molecule has 0 aliphatic carbocycles. The van der Waals surface area contributed by atoms with Crippen molar-refractivity contribution < 1.29 is 9.31 Å². The summed E-state index contributed by atoms with van der Waals surface area (Å²) in [6, 6.07) is 3.44. The molecule has 124 valence electrons. The van der Waals surface area contributed by atoms with E-state index in [-0.39, 0.29) is 36.5 Å². The Morgan fingerprint density at radius 2 is 2.05 bits per heavy atom. The van der Waals surface area contributed by atoms with Gasteiger partial charge in [0.05, 0.1) is 10.5 Å². The third-order valence-electron chi connectivity index (χ3n) is 3.53. The molecule has 22 heavy (non-hydrogen) atoms. The molecule has 0 aromatic heterocycles. The Balaban J connectivity index is 0.00000220. The Kier molecular flexibility index (Phi) is 9.20. The van der Waals surface area contributed by atoms with E-state index < -0.39 is 10.7 Å². The van der Waals surface area contributed by atoms with E-state index in [4.69, 9.17) is 0 Å². The summed E-state index contributed by atoms with van der Waals surface area (Å²) in [5.41, 5.74) is 0.397. The van der Waals surface area contributed by atoms with Crippen LogP contribution in [-0.2, 0) is 0 Å². The third-order valence-corrected chi connectivity index (χ3v) is 3.53. The van der Waals surface area contributed by atoms with Crippen LogP contribution in [0.4, 0.5) is 10.1 Å². The van der Waals surface area contributed by atoms with E-state index in [1.165, 1.54) is 12.1 Å². The number of hydrogen-bond donors (Lipinski definition) is 1. The third kappa shape index (κ3) is 4.91. The maximum Gasteiger partial charge on any atom is 0.274 e. The lowest BCUT2D eigenvalue weighted by Gasteiger charge is -2.34. The first-order valence-corrected chi connectivity index (χ1v) is 6.63.